The van der Waals surface area contributed by atoms with Crippen molar-refractivity contribution in [3.05, 3.63) is 63.6 Å². The van der Waals surface area contributed by atoms with Crippen LogP contribution in [-0.4, -0.2) is 36.6 Å². The average molecular weight is 462 g/mol. The maximum Gasteiger partial charge on any atom is 0.226 e. The number of carbonyl (C=O) groups excluding carboxylic acids is 1. The zero-order valence-electron chi connectivity index (χ0n) is 17.9. The molecule has 4 nitrogen and oxygen atoms in total. The number of likely N-dealkylation sites (tertiary alicyclic amines) is 1. The van der Waals surface area contributed by atoms with Crippen LogP contribution in [0.3, 0.4) is 0 Å². The number of carbonyl (C=O) groups is 1. The van der Waals surface area contributed by atoms with Crippen LogP contribution < -0.4 is 4.74 Å². The lowest BCUT2D eigenvalue weighted by molar-refractivity contribution is -0.134. The van der Waals surface area contributed by atoms with Crippen LogP contribution in [0.1, 0.15) is 43.2 Å². The number of amides is 1. The van der Waals surface area contributed by atoms with Crippen molar-refractivity contribution in [3.8, 4) is 5.75 Å². The Hall–Kier alpha value is -1.75. The fourth-order valence-corrected chi connectivity index (χ4v) is 5.37. The van der Waals surface area contributed by atoms with Crippen molar-refractivity contribution in [2.75, 3.05) is 13.7 Å². The smallest absolute Gasteiger partial charge is 0.226 e. The van der Waals surface area contributed by atoms with E-state index in [9.17, 15) is 4.79 Å². The van der Waals surface area contributed by atoms with Gasteiger partial charge in [-0.3, -0.25) is 4.79 Å². The molecule has 166 valence electrons. The largest absolute Gasteiger partial charge is 0.489 e. The van der Waals surface area contributed by atoms with Gasteiger partial charge >= 0.3 is 0 Å². The highest BCUT2D eigenvalue weighted by molar-refractivity contribution is 6.36. The molecule has 0 spiro atoms. The minimum absolute atomic E-state index is 0.0637. The zero-order chi connectivity index (χ0) is 21.8. The highest BCUT2D eigenvalue weighted by Gasteiger charge is 2.37. The number of benzene rings is 2. The SMILES string of the molecule is COC1CCC(N2CC[C@@H](Cc3c(Cl)cc(OCc4ccccc4)cc3Cl)C2=O)CC1. The van der Waals surface area contributed by atoms with Crippen LogP contribution >= 0.6 is 23.2 Å². The van der Waals surface area contributed by atoms with E-state index in [0.717, 1.165) is 49.8 Å². The average Bonchev–Trinajstić information content (AvgIpc) is 3.15. The third-order valence-electron chi connectivity index (χ3n) is 6.58. The molecule has 1 amide bonds. The van der Waals surface area contributed by atoms with E-state index in [-0.39, 0.29) is 11.8 Å². The number of methoxy groups -OCH3 is 1. The normalized spacial score (nSPS) is 23.9. The van der Waals surface area contributed by atoms with E-state index in [1.807, 2.05) is 30.3 Å². The van der Waals surface area contributed by atoms with E-state index in [1.165, 1.54) is 0 Å². The molecule has 2 aliphatic rings. The molecule has 4 rings (SSSR count). The predicted molar refractivity (Wildman–Crippen MR) is 124 cm³/mol. The van der Waals surface area contributed by atoms with Crippen LogP contribution in [0.25, 0.3) is 0 Å². The summed E-state index contributed by atoms with van der Waals surface area (Å²) < 4.78 is 11.3. The van der Waals surface area contributed by atoms with E-state index in [2.05, 4.69) is 4.90 Å². The molecule has 0 aromatic heterocycles. The summed E-state index contributed by atoms with van der Waals surface area (Å²) in [5.74, 6) is 0.806. The van der Waals surface area contributed by atoms with Crippen molar-refractivity contribution in [1.29, 1.82) is 0 Å². The van der Waals surface area contributed by atoms with Gasteiger partial charge in [-0.1, -0.05) is 53.5 Å². The van der Waals surface area contributed by atoms with Crippen LogP contribution in [0.2, 0.25) is 10.0 Å². The quantitative estimate of drug-likeness (QED) is 0.513. The number of rotatable bonds is 7. The predicted octanol–water partition coefficient (Wildman–Crippen LogP) is 5.92. The molecule has 1 saturated carbocycles. The van der Waals surface area contributed by atoms with Crippen LogP contribution in [-0.2, 0) is 22.6 Å². The number of hydrogen-bond acceptors (Lipinski definition) is 3. The van der Waals surface area contributed by atoms with Crippen LogP contribution in [0.15, 0.2) is 42.5 Å². The molecule has 1 saturated heterocycles. The fourth-order valence-electron chi connectivity index (χ4n) is 4.75. The van der Waals surface area contributed by atoms with Gasteiger partial charge in [0.25, 0.3) is 0 Å². The van der Waals surface area contributed by atoms with E-state index < -0.39 is 0 Å². The maximum atomic E-state index is 13.1. The van der Waals surface area contributed by atoms with Gasteiger partial charge in [0.15, 0.2) is 0 Å². The molecule has 6 heteroatoms. The summed E-state index contributed by atoms with van der Waals surface area (Å²) in [6, 6.07) is 13.9. The molecular formula is C25H29Cl2NO3. The van der Waals surface area contributed by atoms with Gasteiger partial charge in [-0.05, 0) is 61.8 Å². The lowest BCUT2D eigenvalue weighted by Crippen LogP contribution is -2.41. The summed E-state index contributed by atoms with van der Waals surface area (Å²) in [5.41, 5.74) is 1.91. The van der Waals surface area contributed by atoms with Gasteiger partial charge in [0.1, 0.15) is 12.4 Å². The van der Waals surface area contributed by atoms with Crippen molar-refractivity contribution in [2.45, 2.75) is 57.3 Å². The van der Waals surface area contributed by atoms with Gasteiger partial charge in [-0.15, -0.1) is 0 Å². The molecule has 2 aromatic rings. The van der Waals surface area contributed by atoms with Gasteiger partial charge in [-0.2, -0.15) is 0 Å². The summed E-state index contributed by atoms with van der Waals surface area (Å²) in [4.78, 5) is 15.2. The second kappa shape index (κ2) is 10.2. The molecule has 1 atom stereocenters. The zero-order valence-corrected chi connectivity index (χ0v) is 19.4. The summed E-state index contributed by atoms with van der Waals surface area (Å²) >= 11 is 13.1. The number of hydrogen-bond donors (Lipinski definition) is 0. The third-order valence-corrected chi connectivity index (χ3v) is 7.26. The highest BCUT2D eigenvalue weighted by atomic mass is 35.5. The van der Waals surface area contributed by atoms with Crippen molar-refractivity contribution >= 4 is 29.1 Å². The van der Waals surface area contributed by atoms with Crippen molar-refractivity contribution in [2.24, 2.45) is 5.92 Å². The molecule has 0 unspecified atom stereocenters. The molecular weight excluding hydrogens is 433 g/mol. The summed E-state index contributed by atoms with van der Waals surface area (Å²) in [5, 5.41) is 1.12. The Bertz CT molecular complexity index is 874. The number of ether oxygens (including phenoxy) is 2. The lowest BCUT2D eigenvalue weighted by Gasteiger charge is -2.34. The van der Waals surface area contributed by atoms with Crippen molar-refractivity contribution < 1.29 is 14.3 Å². The Kier molecular flexibility index (Phi) is 7.42. The molecule has 1 aliphatic carbocycles. The van der Waals surface area contributed by atoms with Gasteiger partial charge in [0, 0.05) is 35.7 Å². The Morgan fingerprint density at radius 3 is 2.32 bits per heavy atom. The molecule has 1 aliphatic heterocycles. The van der Waals surface area contributed by atoms with Crippen LogP contribution in [0.5, 0.6) is 5.75 Å². The minimum atomic E-state index is -0.0637. The Morgan fingerprint density at radius 2 is 1.68 bits per heavy atom. The van der Waals surface area contributed by atoms with Crippen LogP contribution in [0, 0.1) is 5.92 Å². The summed E-state index contributed by atoms with van der Waals surface area (Å²) in [6.45, 7) is 1.27. The van der Waals surface area contributed by atoms with Crippen LogP contribution in [0.4, 0.5) is 0 Å². The summed E-state index contributed by atoms with van der Waals surface area (Å²) in [7, 11) is 1.77. The molecule has 0 bridgehead atoms. The first-order valence-electron chi connectivity index (χ1n) is 11.0. The molecule has 2 aromatic carbocycles. The van der Waals surface area contributed by atoms with Gasteiger partial charge in [0.05, 0.1) is 6.10 Å². The van der Waals surface area contributed by atoms with E-state index in [0.29, 0.717) is 41.0 Å². The number of halogens is 2. The molecule has 1 heterocycles. The highest BCUT2D eigenvalue weighted by Crippen LogP contribution is 2.36. The molecule has 31 heavy (non-hydrogen) atoms. The first-order valence-corrected chi connectivity index (χ1v) is 11.8. The Morgan fingerprint density at radius 1 is 1.00 bits per heavy atom. The minimum Gasteiger partial charge on any atom is -0.489 e. The molecule has 0 radical (unpaired) electrons. The third kappa shape index (κ3) is 5.36. The second-order valence-corrected chi connectivity index (χ2v) is 9.34. The summed E-state index contributed by atoms with van der Waals surface area (Å²) in [6.07, 6.45) is 5.85. The van der Waals surface area contributed by atoms with E-state index in [1.54, 1.807) is 19.2 Å². The topological polar surface area (TPSA) is 38.8 Å². The lowest BCUT2D eigenvalue weighted by atomic mass is 9.91. The van der Waals surface area contributed by atoms with Crippen molar-refractivity contribution in [3.63, 3.8) is 0 Å². The van der Waals surface area contributed by atoms with Crippen molar-refractivity contribution in [1.82, 2.24) is 4.90 Å². The Labute approximate surface area is 194 Å². The standard InChI is InChI=1S/C25H29Cl2NO3/c1-30-20-9-7-19(8-10-20)28-12-11-18(25(28)29)13-22-23(26)14-21(15-24(22)27)31-16-17-5-3-2-4-6-17/h2-6,14-15,18-20H,7-13,16H2,1H3/t18-,19?,20?/m0/s1. The van der Waals surface area contributed by atoms with Gasteiger partial charge < -0.3 is 14.4 Å². The van der Waals surface area contributed by atoms with E-state index >= 15 is 0 Å². The second-order valence-electron chi connectivity index (χ2n) is 8.53. The fraction of sp³-hybridized carbons (Fsp3) is 0.480. The first-order chi connectivity index (χ1) is 15.0. The first kappa shape index (κ1) is 22.4. The van der Waals surface area contributed by atoms with E-state index in [4.69, 9.17) is 32.7 Å². The Balaban J connectivity index is 1.37. The van der Waals surface area contributed by atoms with Gasteiger partial charge in [0.2, 0.25) is 5.91 Å². The number of nitrogens with zero attached hydrogens (tertiary/aromatic N) is 1. The molecule has 2 fully saturated rings. The monoisotopic (exact) mass is 461 g/mol. The van der Waals surface area contributed by atoms with Gasteiger partial charge in [-0.25, -0.2) is 0 Å². The maximum absolute atomic E-state index is 13.1. The molecule has 0 N–H and O–H groups in total.